The maximum absolute atomic E-state index is 12.0. The van der Waals surface area contributed by atoms with Gasteiger partial charge in [0.1, 0.15) is 0 Å². The van der Waals surface area contributed by atoms with Gasteiger partial charge in [-0.05, 0) is 18.6 Å². The average molecular weight is 291 g/mol. The quantitative estimate of drug-likeness (QED) is 0.466. The summed E-state index contributed by atoms with van der Waals surface area (Å²) in [7, 11) is 1.14. The molecule has 7 heteroatoms. The smallest absolute Gasteiger partial charge is 0.347 e. The van der Waals surface area contributed by atoms with E-state index in [1.807, 2.05) is 0 Å². The molecule has 0 saturated heterocycles. The molecule has 0 aliphatic carbocycles. The first-order chi connectivity index (χ1) is 10.0. The zero-order chi connectivity index (χ0) is 15.6. The number of methoxy groups -OCH3 is 1. The van der Waals surface area contributed by atoms with Gasteiger partial charge >= 0.3 is 11.9 Å². The van der Waals surface area contributed by atoms with Crippen molar-refractivity contribution >= 4 is 23.8 Å². The lowest BCUT2D eigenvalue weighted by Gasteiger charge is -2.16. The van der Waals surface area contributed by atoms with Crippen molar-refractivity contribution in [2.75, 3.05) is 7.11 Å². The van der Waals surface area contributed by atoms with E-state index in [9.17, 15) is 19.2 Å². The predicted octanol–water partition coefficient (Wildman–Crippen LogP) is 0.940. The molecular formula is C14H13NO6. The zero-order valence-electron chi connectivity index (χ0n) is 11.5. The molecule has 2 amide bonds. The van der Waals surface area contributed by atoms with Crippen molar-refractivity contribution in [1.82, 2.24) is 5.06 Å². The van der Waals surface area contributed by atoms with E-state index < -0.39 is 29.7 Å². The lowest BCUT2D eigenvalue weighted by Crippen LogP contribution is -2.37. The average Bonchev–Trinajstić information content (AvgIpc) is 2.73. The van der Waals surface area contributed by atoms with Gasteiger partial charge in [-0.15, -0.1) is 0 Å². The van der Waals surface area contributed by atoms with Crippen LogP contribution in [0.15, 0.2) is 24.3 Å². The van der Waals surface area contributed by atoms with Gasteiger partial charge in [-0.25, -0.2) is 4.79 Å². The van der Waals surface area contributed by atoms with E-state index in [-0.39, 0.29) is 17.5 Å². The van der Waals surface area contributed by atoms with Crippen LogP contribution in [0.3, 0.4) is 0 Å². The number of hydroxylamine groups is 2. The fourth-order valence-electron chi connectivity index (χ4n) is 1.98. The van der Waals surface area contributed by atoms with Crippen molar-refractivity contribution in [2.45, 2.75) is 13.3 Å². The summed E-state index contributed by atoms with van der Waals surface area (Å²) in [4.78, 5) is 52.1. The number of ether oxygens (including phenoxy) is 1. The Hall–Kier alpha value is -2.70. The Morgan fingerprint density at radius 3 is 2.05 bits per heavy atom. The first-order valence-corrected chi connectivity index (χ1v) is 6.28. The number of fused-ring (bicyclic) bond motifs is 1. The second-order valence-corrected chi connectivity index (χ2v) is 4.34. The van der Waals surface area contributed by atoms with Crippen LogP contribution < -0.4 is 0 Å². The molecule has 1 heterocycles. The summed E-state index contributed by atoms with van der Waals surface area (Å²) < 4.78 is 4.48. The molecule has 1 aromatic carbocycles. The third-order valence-electron chi connectivity index (χ3n) is 3.12. The molecule has 1 atom stereocenters. The van der Waals surface area contributed by atoms with Gasteiger partial charge in [-0.3, -0.25) is 14.4 Å². The van der Waals surface area contributed by atoms with Crippen LogP contribution in [0.4, 0.5) is 0 Å². The number of benzene rings is 1. The van der Waals surface area contributed by atoms with Crippen LogP contribution in [-0.4, -0.2) is 35.9 Å². The summed E-state index contributed by atoms with van der Waals surface area (Å²) in [5.41, 5.74) is 0.308. The van der Waals surface area contributed by atoms with E-state index in [1.54, 1.807) is 19.1 Å². The summed E-state index contributed by atoms with van der Waals surface area (Å²) in [6, 6.07) is 6.11. The second kappa shape index (κ2) is 5.74. The van der Waals surface area contributed by atoms with Crippen LogP contribution in [0.5, 0.6) is 0 Å². The van der Waals surface area contributed by atoms with E-state index >= 15 is 0 Å². The molecule has 0 fully saturated rings. The van der Waals surface area contributed by atoms with Gasteiger partial charge in [-0.2, -0.15) is 0 Å². The molecule has 1 aliphatic rings. The Labute approximate surface area is 120 Å². The highest BCUT2D eigenvalue weighted by atomic mass is 16.7. The number of esters is 1. The Bertz CT molecular complexity index is 589. The van der Waals surface area contributed by atoms with E-state index in [0.29, 0.717) is 5.06 Å². The van der Waals surface area contributed by atoms with Crippen LogP contribution in [0.2, 0.25) is 0 Å². The molecule has 1 unspecified atom stereocenters. The monoisotopic (exact) mass is 291 g/mol. The molecule has 21 heavy (non-hydrogen) atoms. The van der Waals surface area contributed by atoms with Gasteiger partial charge in [-0.1, -0.05) is 24.1 Å². The molecule has 2 rings (SSSR count). The third-order valence-corrected chi connectivity index (χ3v) is 3.12. The molecule has 7 nitrogen and oxygen atoms in total. The van der Waals surface area contributed by atoms with Crippen molar-refractivity contribution in [3.63, 3.8) is 0 Å². The molecule has 0 saturated carbocycles. The molecule has 0 N–H and O–H groups in total. The van der Waals surface area contributed by atoms with E-state index in [0.717, 1.165) is 7.11 Å². The Morgan fingerprint density at radius 1 is 1.10 bits per heavy atom. The number of rotatable bonds is 4. The topological polar surface area (TPSA) is 90.0 Å². The van der Waals surface area contributed by atoms with Crippen molar-refractivity contribution in [3.8, 4) is 0 Å². The van der Waals surface area contributed by atoms with Crippen molar-refractivity contribution in [1.29, 1.82) is 0 Å². The molecule has 110 valence electrons. The van der Waals surface area contributed by atoms with Gasteiger partial charge in [0.15, 0.2) is 5.92 Å². The van der Waals surface area contributed by atoms with Crippen molar-refractivity contribution in [2.24, 2.45) is 5.92 Å². The summed E-state index contributed by atoms with van der Waals surface area (Å²) in [6.45, 7) is 1.59. The minimum Gasteiger partial charge on any atom is -0.468 e. The lowest BCUT2D eigenvalue weighted by atomic mass is 10.1. The third kappa shape index (κ3) is 2.49. The fourth-order valence-corrected chi connectivity index (χ4v) is 1.98. The van der Waals surface area contributed by atoms with E-state index in [2.05, 4.69) is 4.74 Å². The van der Waals surface area contributed by atoms with Crippen LogP contribution >= 0.6 is 0 Å². The first kappa shape index (κ1) is 14.7. The first-order valence-electron chi connectivity index (χ1n) is 6.28. The standard InChI is InChI=1S/C14H13NO6/c1-3-8(13(18)20-2)14(19)21-15-11(16)9-6-4-5-7-10(9)12(15)17/h4-8H,3H2,1-2H3. The van der Waals surface area contributed by atoms with E-state index in [1.165, 1.54) is 12.1 Å². The Kier molecular flexibility index (Phi) is 4.02. The SMILES string of the molecule is CCC(C(=O)OC)C(=O)ON1C(=O)c2ccccc2C1=O. The normalized spacial score (nSPS) is 14.7. The van der Waals surface area contributed by atoms with Gasteiger partial charge < -0.3 is 9.57 Å². The zero-order valence-corrected chi connectivity index (χ0v) is 11.5. The highest BCUT2D eigenvalue weighted by molar-refractivity contribution is 6.21. The van der Waals surface area contributed by atoms with Gasteiger partial charge in [0, 0.05) is 0 Å². The molecule has 1 aromatic rings. The van der Waals surface area contributed by atoms with Crippen LogP contribution in [0.25, 0.3) is 0 Å². The molecule has 0 radical (unpaired) electrons. The number of nitrogens with zero attached hydrogens (tertiary/aromatic N) is 1. The van der Waals surface area contributed by atoms with Crippen molar-refractivity contribution in [3.05, 3.63) is 35.4 Å². The highest BCUT2D eigenvalue weighted by Gasteiger charge is 2.40. The highest BCUT2D eigenvalue weighted by Crippen LogP contribution is 2.23. The Balaban J connectivity index is 2.18. The second-order valence-electron chi connectivity index (χ2n) is 4.34. The Morgan fingerprint density at radius 2 is 1.62 bits per heavy atom. The maximum Gasteiger partial charge on any atom is 0.347 e. The van der Waals surface area contributed by atoms with Crippen LogP contribution in [-0.2, 0) is 19.2 Å². The minimum atomic E-state index is -1.18. The molecule has 0 bridgehead atoms. The largest absolute Gasteiger partial charge is 0.468 e. The fraction of sp³-hybridized carbons (Fsp3) is 0.286. The predicted molar refractivity (Wildman–Crippen MR) is 68.8 cm³/mol. The molecule has 1 aliphatic heterocycles. The number of carbonyl (C=O) groups is 4. The number of imide groups is 1. The number of hydrogen-bond donors (Lipinski definition) is 0. The summed E-state index contributed by atoms with van der Waals surface area (Å²) in [5.74, 6) is -4.43. The lowest BCUT2D eigenvalue weighted by molar-refractivity contribution is -0.179. The van der Waals surface area contributed by atoms with Gasteiger partial charge in [0.25, 0.3) is 11.8 Å². The van der Waals surface area contributed by atoms with E-state index in [4.69, 9.17) is 4.84 Å². The maximum atomic E-state index is 12.0. The summed E-state index contributed by atoms with van der Waals surface area (Å²) in [5, 5.41) is 0.374. The number of amides is 2. The van der Waals surface area contributed by atoms with Gasteiger partial charge in [0.2, 0.25) is 0 Å². The summed E-state index contributed by atoms with van der Waals surface area (Å²) in [6.07, 6.45) is 0.134. The van der Waals surface area contributed by atoms with Crippen LogP contribution in [0.1, 0.15) is 34.1 Å². The van der Waals surface area contributed by atoms with Crippen LogP contribution in [0, 0.1) is 5.92 Å². The molecular weight excluding hydrogens is 278 g/mol. The number of hydrogen-bond acceptors (Lipinski definition) is 6. The van der Waals surface area contributed by atoms with Crippen molar-refractivity contribution < 1.29 is 28.8 Å². The molecule has 0 spiro atoms. The number of carbonyl (C=O) groups excluding carboxylic acids is 4. The minimum absolute atomic E-state index is 0.134. The molecule has 0 aromatic heterocycles. The van der Waals surface area contributed by atoms with Gasteiger partial charge in [0.05, 0.1) is 18.2 Å². The summed E-state index contributed by atoms with van der Waals surface area (Å²) >= 11 is 0.